The Labute approximate surface area is 116 Å². The van der Waals surface area contributed by atoms with E-state index in [0.717, 1.165) is 5.56 Å². The molecule has 1 heterocycles. The van der Waals surface area contributed by atoms with Crippen LogP contribution in [0.5, 0.6) is 0 Å². The van der Waals surface area contributed by atoms with Gasteiger partial charge in [-0.3, -0.25) is 0 Å². The number of aromatic nitrogens is 2. The summed E-state index contributed by atoms with van der Waals surface area (Å²) in [5, 5.41) is 12.4. The van der Waals surface area contributed by atoms with Gasteiger partial charge in [-0.05, 0) is 24.1 Å². The van der Waals surface area contributed by atoms with Crippen molar-refractivity contribution < 1.29 is 18.0 Å². The maximum atomic E-state index is 12.0. The molecule has 0 radical (unpaired) electrons. The number of nitrogens with one attached hydrogen (secondary N) is 1. The Bertz CT molecular complexity index is 664. The van der Waals surface area contributed by atoms with E-state index in [2.05, 4.69) is 14.9 Å². The molecule has 0 fully saturated rings. The number of nitrogens with zero attached hydrogens (tertiary/aromatic N) is 2. The molecule has 0 saturated heterocycles. The number of benzene rings is 1. The van der Waals surface area contributed by atoms with Crippen LogP contribution in [0.3, 0.4) is 0 Å². The normalized spacial score (nSPS) is 11.7. The topological polar surface area (TPSA) is 105 Å². The van der Waals surface area contributed by atoms with Gasteiger partial charge in [-0.2, -0.15) is 4.98 Å². The molecule has 0 aliphatic heterocycles. The fraction of sp³-hybridized carbons (Fsp3) is 0.333. The molecule has 20 heavy (non-hydrogen) atoms. The van der Waals surface area contributed by atoms with Crippen molar-refractivity contribution in [2.75, 3.05) is 6.61 Å². The summed E-state index contributed by atoms with van der Waals surface area (Å²) < 4.78 is 31.2. The minimum atomic E-state index is -3.62. The lowest BCUT2D eigenvalue weighted by atomic mass is 10.2. The van der Waals surface area contributed by atoms with Gasteiger partial charge in [0.1, 0.15) is 0 Å². The summed E-state index contributed by atoms with van der Waals surface area (Å²) >= 11 is 0. The third-order valence-corrected chi connectivity index (χ3v) is 4.04. The van der Waals surface area contributed by atoms with Crippen LogP contribution in [0.1, 0.15) is 17.3 Å². The van der Waals surface area contributed by atoms with Crippen molar-refractivity contribution in [3.63, 3.8) is 0 Å². The molecule has 2 aromatic rings. The Morgan fingerprint density at radius 1 is 1.30 bits per heavy atom. The molecule has 0 aliphatic rings. The molecule has 1 aromatic heterocycles. The van der Waals surface area contributed by atoms with Crippen molar-refractivity contribution in [3.8, 4) is 0 Å². The summed E-state index contributed by atoms with van der Waals surface area (Å²) in [6.07, 6.45) is 0.496. The molecule has 0 unspecified atom stereocenters. The second-order valence-corrected chi connectivity index (χ2v) is 5.94. The first-order valence-electron chi connectivity index (χ1n) is 6.00. The number of hydrogen-bond donors (Lipinski definition) is 2. The van der Waals surface area contributed by atoms with Gasteiger partial charge in [0.25, 0.3) is 0 Å². The van der Waals surface area contributed by atoms with E-state index in [-0.39, 0.29) is 23.9 Å². The maximum absolute atomic E-state index is 12.0. The third-order valence-electron chi connectivity index (χ3n) is 2.62. The summed E-state index contributed by atoms with van der Waals surface area (Å²) in [5.74, 6) is 0.663. The minimum absolute atomic E-state index is 0.0293. The van der Waals surface area contributed by atoms with E-state index in [0.29, 0.717) is 12.3 Å². The average Bonchev–Trinajstić information content (AvgIpc) is 2.84. The van der Waals surface area contributed by atoms with E-state index in [1.165, 1.54) is 12.1 Å². The Morgan fingerprint density at radius 2 is 2.00 bits per heavy atom. The fourth-order valence-corrected chi connectivity index (χ4v) is 2.60. The maximum Gasteiger partial charge on any atom is 0.240 e. The monoisotopic (exact) mass is 297 g/mol. The van der Waals surface area contributed by atoms with E-state index in [9.17, 15) is 8.42 Å². The molecular weight excluding hydrogens is 282 g/mol. The second kappa shape index (κ2) is 6.12. The van der Waals surface area contributed by atoms with Crippen LogP contribution in [0, 0.1) is 6.92 Å². The van der Waals surface area contributed by atoms with Crippen LogP contribution < -0.4 is 4.72 Å². The fourth-order valence-electron chi connectivity index (χ4n) is 1.62. The predicted octanol–water partition coefficient (Wildman–Crippen LogP) is 0.391. The van der Waals surface area contributed by atoms with E-state index < -0.39 is 10.0 Å². The van der Waals surface area contributed by atoms with Crippen LogP contribution in [0.2, 0.25) is 0 Å². The summed E-state index contributed by atoms with van der Waals surface area (Å²) in [6.45, 7) is 1.63. The third kappa shape index (κ3) is 3.62. The first kappa shape index (κ1) is 14.6. The van der Waals surface area contributed by atoms with Crippen molar-refractivity contribution in [3.05, 3.63) is 41.5 Å². The van der Waals surface area contributed by atoms with E-state index >= 15 is 0 Å². The SMILES string of the molecule is Cc1nc(CNS(=O)(=O)c2ccc(CCO)cc2)no1. The zero-order valence-corrected chi connectivity index (χ0v) is 11.7. The molecule has 0 bridgehead atoms. The van der Waals surface area contributed by atoms with Crippen molar-refractivity contribution in [1.82, 2.24) is 14.9 Å². The minimum Gasteiger partial charge on any atom is -0.396 e. The predicted molar refractivity (Wildman–Crippen MR) is 70.3 cm³/mol. The Hall–Kier alpha value is -1.77. The zero-order chi connectivity index (χ0) is 14.6. The van der Waals surface area contributed by atoms with Crippen LogP contribution >= 0.6 is 0 Å². The van der Waals surface area contributed by atoms with Gasteiger partial charge in [-0.25, -0.2) is 13.1 Å². The molecule has 8 heteroatoms. The number of aliphatic hydroxyl groups excluding tert-OH is 1. The van der Waals surface area contributed by atoms with Gasteiger partial charge in [0.15, 0.2) is 5.82 Å². The zero-order valence-electron chi connectivity index (χ0n) is 10.9. The molecule has 7 nitrogen and oxygen atoms in total. The van der Waals surface area contributed by atoms with Crippen molar-refractivity contribution in [1.29, 1.82) is 0 Å². The van der Waals surface area contributed by atoms with Gasteiger partial charge in [0, 0.05) is 13.5 Å². The standard InChI is InChI=1S/C12H15N3O4S/c1-9-14-12(15-19-9)8-13-20(17,18)11-4-2-10(3-5-11)6-7-16/h2-5,13,16H,6-8H2,1H3. The van der Waals surface area contributed by atoms with Crippen LogP contribution in [0.25, 0.3) is 0 Å². The van der Waals surface area contributed by atoms with Crippen LogP contribution in [-0.4, -0.2) is 30.3 Å². The lowest BCUT2D eigenvalue weighted by Gasteiger charge is -2.05. The van der Waals surface area contributed by atoms with Crippen LogP contribution in [-0.2, 0) is 23.0 Å². The summed E-state index contributed by atoms with van der Waals surface area (Å²) in [6, 6.07) is 6.33. The van der Waals surface area contributed by atoms with Gasteiger partial charge in [0.2, 0.25) is 15.9 Å². The Kier molecular flexibility index (Phi) is 4.48. The molecule has 0 atom stereocenters. The number of aryl methyl sites for hydroxylation is 1. The van der Waals surface area contributed by atoms with Gasteiger partial charge >= 0.3 is 0 Å². The number of rotatable bonds is 6. The molecule has 0 spiro atoms. The Balaban J connectivity index is 2.05. The molecule has 0 aliphatic carbocycles. The highest BCUT2D eigenvalue weighted by Crippen LogP contribution is 2.11. The number of sulfonamides is 1. The molecule has 2 rings (SSSR count). The quantitative estimate of drug-likeness (QED) is 0.799. The molecule has 108 valence electrons. The van der Waals surface area contributed by atoms with Gasteiger partial charge in [0.05, 0.1) is 11.4 Å². The first-order chi connectivity index (χ1) is 9.51. The largest absolute Gasteiger partial charge is 0.396 e. The first-order valence-corrected chi connectivity index (χ1v) is 7.48. The average molecular weight is 297 g/mol. The van der Waals surface area contributed by atoms with Gasteiger partial charge in [-0.15, -0.1) is 0 Å². The number of hydrogen-bond acceptors (Lipinski definition) is 6. The highest BCUT2D eigenvalue weighted by molar-refractivity contribution is 7.89. The lowest BCUT2D eigenvalue weighted by molar-refractivity contribution is 0.299. The molecule has 1 aromatic carbocycles. The summed E-state index contributed by atoms with van der Waals surface area (Å²) in [7, 11) is -3.62. The van der Waals surface area contributed by atoms with Crippen LogP contribution in [0.4, 0.5) is 0 Å². The van der Waals surface area contributed by atoms with Crippen molar-refractivity contribution in [2.24, 2.45) is 0 Å². The highest BCUT2D eigenvalue weighted by Gasteiger charge is 2.15. The van der Waals surface area contributed by atoms with Crippen molar-refractivity contribution >= 4 is 10.0 Å². The molecule has 2 N–H and O–H groups in total. The number of aliphatic hydroxyl groups is 1. The van der Waals surface area contributed by atoms with E-state index in [1.807, 2.05) is 0 Å². The summed E-state index contributed by atoms with van der Waals surface area (Å²) in [4.78, 5) is 4.07. The van der Waals surface area contributed by atoms with E-state index in [4.69, 9.17) is 9.63 Å². The lowest BCUT2D eigenvalue weighted by Crippen LogP contribution is -2.23. The molecule has 0 saturated carbocycles. The van der Waals surface area contributed by atoms with Gasteiger partial charge < -0.3 is 9.63 Å². The van der Waals surface area contributed by atoms with Crippen LogP contribution in [0.15, 0.2) is 33.7 Å². The second-order valence-electron chi connectivity index (χ2n) is 4.17. The van der Waals surface area contributed by atoms with Gasteiger partial charge in [-0.1, -0.05) is 17.3 Å². The summed E-state index contributed by atoms with van der Waals surface area (Å²) in [5.41, 5.74) is 0.875. The Morgan fingerprint density at radius 3 is 2.55 bits per heavy atom. The molecule has 0 amide bonds. The highest BCUT2D eigenvalue weighted by atomic mass is 32.2. The van der Waals surface area contributed by atoms with E-state index in [1.54, 1.807) is 19.1 Å². The molecular formula is C12H15N3O4S. The van der Waals surface area contributed by atoms with Crippen molar-refractivity contribution in [2.45, 2.75) is 24.8 Å². The smallest absolute Gasteiger partial charge is 0.240 e.